The van der Waals surface area contributed by atoms with E-state index in [9.17, 15) is 9.59 Å². The highest BCUT2D eigenvalue weighted by Gasteiger charge is 2.15. The van der Waals surface area contributed by atoms with Crippen LogP contribution in [0, 0.1) is 0 Å². The molecule has 2 aromatic rings. The summed E-state index contributed by atoms with van der Waals surface area (Å²) in [5, 5.41) is 6.42. The van der Waals surface area contributed by atoms with Gasteiger partial charge in [-0.2, -0.15) is 0 Å². The van der Waals surface area contributed by atoms with E-state index in [1.165, 1.54) is 12.1 Å². The number of carbonyl (C=O) groups excluding carboxylic acids is 2. The lowest BCUT2D eigenvalue weighted by atomic mass is 10.1. The van der Waals surface area contributed by atoms with Crippen LogP contribution in [0.1, 0.15) is 27.1 Å². The number of ether oxygens (including phenoxy) is 1. The number of carbonyl (C=O) groups is 2. The van der Waals surface area contributed by atoms with Crippen LogP contribution in [-0.4, -0.2) is 56.1 Å². The third-order valence-electron chi connectivity index (χ3n) is 4.59. The molecule has 1 fully saturated rings. The number of nitrogens with zero attached hydrogens (tertiary/aromatic N) is 1. The Balaban J connectivity index is 1.57. The van der Waals surface area contributed by atoms with Gasteiger partial charge in [-0.15, -0.1) is 0 Å². The summed E-state index contributed by atoms with van der Waals surface area (Å²) in [6.07, 6.45) is 0.848. The molecule has 0 unspecified atom stereocenters. The molecule has 2 aromatic carbocycles. The monoisotopic (exact) mass is 435 g/mol. The van der Waals surface area contributed by atoms with Crippen molar-refractivity contribution in [3.05, 3.63) is 63.6 Å². The van der Waals surface area contributed by atoms with Crippen LogP contribution >= 0.6 is 23.2 Å². The number of hydrogen-bond donors (Lipinski definition) is 2. The third kappa shape index (κ3) is 6.44. The third-order valence-corrected chi connectivity index (χ3v) is 5.02. The van der Waals surface area contributed by atoms with Crippen LogP contribution in [0.4, 0.5) is 5.69 Å². The molecule has 1 heterocycles. The number of nitrogens with one attached hydrogen (secondary N) is 2. The normalized spacial score (nSPS) is 14.4. The van der Waals surface area contributed by atoms with E-state index in [0.29, 0.717) is 33.4 Å². The first kappa shape index (κ1) is 21.6. The Hall–Kier alpha value is -2.12. The molecule has 154 valence electrons. The minimum atomic E-state index is -0.387. The quantitative estimate of drug-likeness (QED) is 0.650. The molecule has 0 aromatic heterocycles. The lowest BCUT2D eigenvalue weighted by molar-refractivity contribution is 0.0374. The minimum Gasteiger partial charge on any atom is -0.379 e. The number of amides is 2. The second-order valence-electron chi connectivity index (χ2n) is 6.72. The van der Waals surface area contributed by atoms with Gasteiger partial charge in [-0.3, -0.25) is 14.5 Å². The van der Waals surface area contributed by atoms with Crippen molar-refractivity contribution in [3.8, 4) is 0 Å². The molecule has 0 radical (unpaired) electrons. The molecule has 2 amide bonds. The van der Waals surface area contributed by atoms with Crippen LogP contribution in [0.15, 0.2) is 42.5 Å². The summed E-state index contributed by atoms with van der Waals surface area (Å²) in [6, 6.07) is 11.5. The van der Waals surface area contributed by atoms with E-state index in [0.717, 1.165) is 39.3 Å². The maximum atomic E-state index is 12.6. The largest absolute Gasteiger partial charge is 0.379 e. The van der Waals surface area contributed by atoms with E-state index >= 15 is 0 Å². The van der Waals surface area contributed by atoms with Crippen molar-refractivity contribution in [2.24, 2.45) is 0 Å². The Bertz CT molecular complexity index is 850. The predicted octanol–water partition coefficient (Wildman–Crippen LogP) is 3.70. The van der Waals surface area contributed by atoms with Gasteiger partial charge in [0, 0.05) is 35.2 Å². The van der Waals surface area contributed by atoms with Crippen molar-refractivity contribution >= 4 is 40.7 Å². The topological polar surface area (TPSA) is 70.7 Å². The fourth-order valence-corrected chi connectivity index (χ4v) is 3.62. The summed E-state index contributed by atoms with van der Waals surface area (Å²) in [7, 11) is 0. The SMILES string of the molecule is O=C(Nc1ccccc1C(=O)NCCCN1CCOCC1)c1cc(Cl)cc(Cl)c1. The highest BCUT2D eigenvalue weighted by Crippen LogP contribution is 2.21. The zero-order valence-corrected chi connectivity index (χ0v) is 17.4. The lowest BCUT2D eigenvalue weighted by Gasteiger charge is -2.26. The van der Waals surface area contributed by atoms with Gasteiger partial charge in [-0.1, -0.05) is 35.3 Å². The van der Waals surface area contributed by atoms with E-state index in [1.54, 1.807) is 30.3 Å². The Morgan fingerprint density at radius 2 is 1.69 bits per heavy atom. The van der Waals surface area contributed by atoms with Crippen molar-refractivity contribution < 1.29 is 14.3 Å². The summed E-state index contributed by atoms with van der Waals surface area (Å²) < 4.78 is 5.33. The van der Waals surface area contributed by atoms with Gasteiger partial charge in [0.1, 0.15) is 0 Å². The molecular weight excluding hydrogens is 413 g/mol. The number of halogens is 2. The Morgan fingerprint density at radius 1 is 1.00 bits per heavy atom. The van der Waals surface area contributed by atoms with E-state index in [1.807, 2.05) is 0 Å². The molecule has 1 saturated heterocycles. The molecule has 6 nitrogen and oxygen atoms in total. The first-order valence-electron chi connectivity index (χ1n) is 9.48. The summed E-state index contributed by atoms with van der Waals surface area (Å²) in [5.74, 6) is -0.617. The summed E-state index contributed by atoms with van der Waals surface area (Å²) in [5.41, 5.74) is 1.16. The molecule has 0 atom stereocenters. The van der Waals surface area contributed by atoms with E-state index < -0.39 is 0 Å². The molecule has 1 aliphatic rings. The van der Waals surface area contributed by atoms with Gasteiger partial charge in [-0.05, 0) is 43.3 Å². The molecule has 29 heavy (non-hydrogen) atoms. The number of benzene rings is 2. The van der Waals surface area contributed by atoms with Crippen molar-refractivity contribution in [2.45, 2.75) is 6.42 Å². The van der Waals surface area contributed by atoms with Gasteiger partial charge in [-0.25, -0.2) is 0 Å². The molecule has 0 saturated carbocycles. The van der Waals surface area contributed by atoms with E-state index in [-0.39, 0.29) is 11.8 Å². The lowest BCUT2D eigenvalue weighted by Crippen LogP contribution is -2.38. The number of rotatable bonds is 7. The summed E-state index contributed by atoms with van der Waals surface area (Å²) >= 11 is 11.9. The van der Waals surface area contributed by atoms with Crippen LogP contribution in [0.5, 0.6) is 0 Å². The molecule has 8 heteroatoms. The fraction of sp³-hybridized carbons (Fsp3) is 0.333. The molecule has 1 aliphatic heterocycles. The molecular formula is C21H23Cl2N3O3. The van der Waals surface area contributed by atoms with E-state index in [4.69, 9.17) is 27.9 Å². The van der Waals surface area contributed by atoms with Crippen molar-refractivity contribution in [3.63, 3.8) is 0 Å². The van der Waals surface area contributed by atoms with Crippen LogP contribution in [0.2, 0.25) is 10.0 Å². The van der Waals surface area contributed by atoms with Crippen LogP contribution in [0.25, 0.3) is 0 Å². The second-order valence-corrected chi connectivity index (χ2v) is 7.59. The smallest absolute Gasteiger partial charge is 0.255 e. The standard InChI is InChI=1S/C21H23Cl2N3O3/c22-16-12-15(13-17(23)14-16)20(27)25-19-5-2-1-4-18(19)21(28)24-6-3-7-26-8-10-29-11-9-26/h1-2,4-5,12-14H,3,6-11H2,(H,24,28)(H,25,27). The van der Waals surface area contributed by atoms with E-state index in [2.05, 4.69) is 15.5 Å². The summed E-state index contributed by atoms with van der Waals surface area (Å²) in [6.45, 7) is 4.85. The van der Waals surface area contributed by atoms with Gasteiger partial charge in [0.25, 0.3) is 11.8 Å². The zero-order chi connectivity index (χ0) is 20.6. The minimum absolute atomic E-state index is 0.230. The Labute approximate surface area is 180 Å². The number of morpholine rings is 1. The molecule has 0 spiro atoms. The highest BCUT2D eigenvalue weighted by molar-refractivity contribution is 6.35. The molecule has 3 rings (SSSR count). The van der Waals surface area contributed by atoms with Gasteiger partial charge < -0.3 is 15.4 Å². The van der Waals surface area contributed by atoms with Crippen LogP contribution < -0.4 is 10.6 Å². The van der Waals surface area contributed by atoms with Crippen LogP contribution in [0.3, 0.4) is 0 Å². The average molecular weight is 436 g/mol. The average Bonchev–Trinajstić information content (AvgIpc) is 2.71. The van der Waals surface area contributed by atoms with Crippen molar-refractivity contribution in [2.75, 3.05) is 44.7 Å². The zero-order valence-electron chi connectivity index (χ0n) is 15.9. The van der Waals surface area contributed by atoms with Crippen molar-refractivity contribution in [1.82, 2.24) is 10.2 Å². The van der Waals surface area contributed by atoms with Gasteiger partial charge in [0.2, 0.25) is 0 Å². The molecule has 0 aliphatic carbocycles. The first-order valence-corrected chi connectivity index (χ1v) is 10.2. The number of hydrogen-bond acceptors (Lipinski definition) is 4. The van der Waals surface area contributed by atoms with Crippen molar-refractivity contribution in [1.29, 1.82) is 0 Å². The molecule has 0 bridgehead atoms. The predicted molar refractivity (Wildman–Crippen MR) is 115 cm³/mol. The van der Waals surface area contributed by atoms with Gasteiger partial charge in [0.05, 0.1) is 24.5 Å². The molecule has 2 N–H and O–H groups in total. The fourth-order valence-electron chi connectivity index (χ4n) is 3.09. The Kier molecular flexibility index (Phi) is 7.89. The maximum absolute atomic E-state index is 12.6. The number of para-hydroxylation sites is 1. The highest BCUT2D eigenvalue weighted by atomic mass is 35.5. The second kappa shape index (κ2) is 10.6. The maximum Gasteiger partial charge on any atom is 0.255 e. The first-order chi connectivity index (χ1) is 14.0. The Morgan fingerprint density at radius 3 is 2.41 bits per heavy atom. The number of anilines is 1. The van der Waals surface area contributed by atoms with Crippen LogP contribution in [-0.2, 0) is 4.74 Å². The van der Waals surface area contributed by atoms with Gasteiger partial charge >= 0.3 is 0 Å². The van der Waals surface area contributed by atoms with Gasteiger partial charge in [0.15, 0.2) is 0 Å². The summed E-state index contributed by atoms with van der Waals surface area (Å²) in [4.78, 5) is 27.5.